The van der Waals surface area contributed by atoms with E-state index >= 15 is 0 Å². The lowest BCUT2D eigenvalue weighted by atomic mass is 9.99. The van der Waals surface area contributed by atoms with Crippen LogP contribution < -0.4 is 9.47 Å². The molecule has 186 valence electrons. The first-order valence-corrected chi connectivity index (χ1v) is 12.9. The molecule has 0 heterocycles. The first kappa shape index (κ1) is 25.8. The third kappa shape index (κ3) is 7.11. The minimum atomic E-state index is 0.796. The lowest BCUT2D eigenvalue weighted by Crippen LogP contribution is -1.91. The Kier molecular flexibility index (Phi) is 9.15. The van der Waals surface area contributed by atoms with E-state index in [1.165, 1.54) is 0 Å². The summed E-state index contributed by atoms with van der Waals surface area (Å²) < 4.78 is 12.3. The normalized spacial score (nSPS) is 11.2. The molecule has 4 rings (SSSR count). The van der Waals surface area contributed by atoms with Gasteiger partial charge in [-0.3, -0.25) is 0 Å². The van der Waals surface area contributed by atoms with Crippen LogP contribution in [0.1, 0.15) is 55.4 Å². The van der Waals surface area contributed by atoms with Crippen LogP contribution in [-0.4, -0.2) is 0 Å². The van der Waals surface area contributed by atoms with E-state index < -0.39 is 0 Å². The Hall–Kier alpha value is -4.30. The van der Waals surface area contributed by atoms with Gasteiger partial charge in [0.1, 0.15) is 23.0 Å². The largest absolute Gasteiger partial charge is 0.457 e. The van der Waals surface area contributed by atoms with Crippen molar-refractivity contribution in [3.8, 4) is 23.0 Å². The van der Waals surface area contributed by atoms with Gasteiger partial charge in [0.05, 0.1) is 0 Å². The Bertz CT molecular complexity index is 1360. The fourth-order valence-corrected chi connectivity index (χ4v) is 3.91. The lowest BCUT2D eigenvalue weighted by molar-refractivity contribution is 0.481. The second-order valence-electron chi connectivity index (χ2n) is 8.81. The van der Waals surface area contributed by atoms with Crippen LogP contribution in [0.2, 0.25) is 0 Å². The van der Waals surface area contributed by atoms with Crippen LogP contribution in [0.4, 0.5) is 0 Å². The van der Waals surface area contributed by atoms with Crippen molar-refractivity contribution in [2.24, 2.45) is 0 Å². The zero-order valence-corrected chi connectivity index (χ0v) is 21.7. The van der Waals surface area contributed by atoms with E-state index in [1.807, 2.05) is 84.9 Å². The summed E-state index contributed by atoms with van der Waals surface area (Å²) in [6.45, 7) is 8.63. The number of rotatable bonds is 11. The van der Waals surface area contributed by atoms with E-state index in [9.17, 15) is 0 Å². The number of ether oxygens (including phenoxy) is 2. The summed E-state index contributed by atoms with van der Waals surface area (Å²) in [5, 5.41) is 0. The molecule has 0 spiro atoms. The van der Waals surface area contributed by atoms with Crippen molar-refractivity contribution in [2.75, 3.05) is 0 Å². The van der Waals surface area contributed by atoms with Gasteiger partial charge in [-0.15, -0.1) is 0 Å². The molecule has 0 atom stereocenters. The smallest absolute Gasteiger partial charge is 0.134 e. The van der Waals surface area contributed by atoms with Crippen molar-refractivity contribution in [2.45, 2.75) is 33.1 Å². The van der Waals surface area contributed by atoms with E-state index in [2.05, 4.69) is 56.9 Å². The maximum Gasteiger partial charge on any atom is 0.134 e. The average molecular weight is 487 g/mol. The van der Waals surface area contributed by atoms with Crippen molar-refractivity contribution < 1.29 is 9.47 Å². The molecule has 0 fully saturated rings. The Balaban J connectivity index is 1.43. The summed E-state index contributed by atoms with van der Waals surface area (Å²) >= 11 is 0. The van der Waals surface area contributed by atoms with Crippen LogP contribution >= 0.6 is 0 Å². The van der Waals surface area contributed by atoms with E-state index in [1.54, 1.807) is 0 Å². The molecular formula is C35H34O2. The Morgan fingerprint density at radius 3 is 1.54 bits per heavy atom. The van der Waals surface area contributed by atoms with Crippen LogP contribution in [-0.2, 0) is 0 Å². The molecule has 0 aliphatic heterocycles. The number of hydrogen-bond acceptors (Lipinski definition) is 2. The SMILES string of the molecule is C=C(c1ccc(Oc2ccccc2/C=C/CC)cc1)c1ccc(Oc2ccccc2/C=C/CCC)cc1. The minimum absolute atomic E-state index is 0.796. The Labute approximate surface area is 221 Å². The molecule has 0 N–H and O–H groups in total. The number of allylic oxidation sites excluding steroid dienone is 2. The second-order valence-corrected chi connectivity index (χ2v) is 8.81. The lowest BCUT2D eigenvalue weighted by Gasteiger charge is -2.12. The third-order valence-electron chi connectivity index (χ3n) is 5.99. The van der Waals surface area contributed by atoms with Crippen molar-refractivity contribution in [3.05, 3.63) is 138 Å². The molecule has 4 aromatic rings. The van der Waals surface area contributed by atoms with Crippen molar-refractivity contribution >= 4 is 17.7 Å². The van der Waals surface area contributed by atoms with Gasteiger partial charge >= 0.3 is 0 Å². The summed E-state index contributed by atoms with van der Waals surface area (Å²) in [5.74, 6) is 3.29. The molecule has 37 heavy (non-hydrogen) atoms. The highest BCUT2D eigenvalue weighted by atomic mass is 16.5. The van der Waals surface area contributed by atoms with Crippen molar-refractivity contribution in [1.29, 1.82) is 0 Å². The molecule has 0 aromatic heterocycles. The van der Waals surface area contributed by atoms with Gasteiger partial charge in [-0.2, -0.15) is 0 Å². The van der Waals surface area contributed by atoms with Gasteiger partial charge in [-0.1, -0.05) is 112 Å². The van der Waals surface area contributed by atoms with Gasteiger partial charge < -0.3 is 9.47 Å². The molecular weight excluding hydrogens is 452 g/mol. The molecule has 0 radical (unpaired) electrons. The summed E-state index contributed by atoms with van der Waals surface area (Å²) in [7, 11) is 0. The van der Waals surface area contributed by atoms with Crippen LogP contribution in [0.3, 0.4) is 0 Å². The number of benzene rings is 4. The van der Waals surface area contributed by atoms with Gasteiger partial charge in [-0.25, -0.2) is 0 Å². The molecule has 0 saturated heterocycles. The maximum absolute atomic E-state index is 6.18. The second kappa shape index (κ2) is 13.1. The fourth-order valence-electron chi connectivity index (χ4n) is 3.91. The maximum atomic E-state index is 6.18. The van der Waals surface area contributed by atoms with Crippen LogP contribution in [0, 0.1) is 0 Å². The summed E-state index contributed by atoms with van der Waals surface area (Å²) in [6.07, 6.45) is 11.7. The zero-order valence-electron chi connectivity index (χ0n) is 21.7. The number of unbranched alkanes of at least 4 members (excludes halogenated alkanes) is 1. The highest BCUT2D eigenvalue weighted by Gasteiger charge is 2.07. The quantitative estimate of drug-likeness (QED) is 0.210. The Morgan fingerprint density at radius 2 is 1.08 bits per heavy atom. The molecule has 0 aliphatic rings. The standard InChI is InChI=1S/C35H34O2/c1-4-6-8-14-31-16-10-12-18-35(31)37-33-25-21-29(22-26-33)27(3)28-19-23-32(24-20-28)36-34-17-11-9-15-30(34)13-7-5-2/h7-26H,3-6H2,1-2H3/b13-7+,14-8+. The summed E-state index contributed by atoms with van der Waals surface area (Å²) in [6, 6.07) is 32.3. The highest BCUT2D eigenvalue weighted by molar-refractivity contribution is 5.78. The van der Waals surface area contributed by atoms with E-state index in [-0.39, 0.29) is 0 Å². The van der Waals surface area contributed by atoms with Crippen LogP contribution in [0.15, 0.2) is 116 Å². The monoisotopic (exact) mass is 486 g/mol. The molecule has 0 aliphatic carbocycles. The number of hydrogen-bond donors (Lipinski definition) is 0. The molecule has 2 heteroatoms. The highest BCUT2D eigenvalue weighted by Crippen LogP contribution is 2.31. The zero-order chi connectivity index (χ0) is 25.9. The van der Waals surface area contributed by atoms with Gasteiger partial charge in [0.15, 0.2) is 0 Å². The minimum Gasteiger partial charge on any atom is -0.457 e. The van der Waals surface area contributed by atoms with Crippen molar-refractivity contribution in [1.82, 2.24) is 0 Å². The van der Waals surface area contributed by atoms with E-state index in [0.29, 0.717) is 0 Å². The predicted molar refractivity (Wildman–Crippen MR) is 157 cm³/mol. The van der Waals surface area contributed by atoms with Gasteiger partial charge in [0.25, 0.3) is 0 Å². The fraction of sp³-hybridized carbons (Fsp3) is 0.143. The van der Waals surface area contributed by atoms with Crippen molar-refractivity contribution in [3.63, 3.8) is 0 Å². The predicted octanol–water partition coefficient (Wildman–Crippen LogP) is 10.6. The third-order valence-corrected chi connectivity index (χ3v) is 5.99. The number of para-hydroxylation sites is 2. The first-order valence-electron chi connectivity index (χ1n) is 12.9. The molecule has 2 nitrogen and oxygen atoms in total. The summed E-state index contributed by atoms with van der Waals surface area (Å²) in [5.41, 5.74) is 5.20. The topological polar surface area (TPSA) is 18.5 Å². The van der Waals surface area contributed by atoms with Gasteiger partial charge in [0, 0.05) is 11.1 Å². The molecule has 0 saturated carbocycles. The molecule has 0 unspecified atom stereocenters. The Morgan fingerprint density at radius 1 is 0.622 bits per heavy atom. The summed E-state index contributed by atoms with van der Waals surface area (Å²) in [4.78, 5) is 0. The van der Waals surface area contributed by atoms with Gasteiger partial charge in [0.2, 0.25) is 0 Å². The van der Waals surface area contributed by atoms with E-state index in [4.69, 9.17) is 9.47 Å². The molecule has 0 amide bonds. The molecule has 4 aromatic carbocycles. The van der Waals surface area contributed by atoms with E-state index in [0.717, 1.165) is 70.1 Å². The van der Waals surface area contributed by atoms with Gasteiger partial charge in [-0.05, 0) is 65.9 Å². The first-order chi connectivity index (χ1) is 18.2. The van der Waals surface area contributed by atoms with Crippen LogP contribution in [0.25, 0.3) is 17.7 Å². The molecule has 0 bridgehead atoms. The average Bonchev–Trinajstić information content (AvgIpc) is 2.94. The van der Waals surface area contributed by atoms with Crippen LogP contribution in [0.5, 0.6) is 23.0 Å².